The van der Waals surface area contributed by atoms with Gasteiger partial charge in [0.2, 0.25) is 0 Å². The molecular weight excluding hydrogens is 1010 g/mol. The standard InChI is InChI=1S/C39H43Cl2NO6.C22H26O6/c1-39(2,3)48-37(43)31-10-6-28(7-11-31)26-47-36(38(44)45-5)24-27-8-20-34(21-9-27)46-23-22-42(4)25-35(29-12-16-32(40)17-13-29)30-14-18-33(41)19-15-30;1-22(2,3)28-20(24)17-9-5-16(6-10-17)14-27-19(21(25)26-4)13-15-7-11-18(23)12-8-15/h6-21,35-36H,22-26H2,1-5H3;5-12,19,23H,13-14H2,1-4H3. The Morgan fingerprint density at radius 1 is 0.526 bits per heavy atom. The number of hydrogen-bond donors (Lipinski definition) is 1. The second-order valence-electron chi connectivity index (χ2n) is 20.0. The molecule has 404 valence electrons. The minimum absolute atomic E-state index is 0.144. The fourth-order valence-electron chi connectivity index (χ4n) is 7.52. The van der Waals surface area contributed by atoms with Gasteiger partial charge in [-0.25, -0.2) is 19.2 Å². The highest BCUT2D eigenvalue weighted by molar-refractivity contribution is 6.30. The third kappa shape index (κ3) is 20.8. The lowest BCUT2D eigenvalue weighted by Crippen LogP contribution is -2.29. The molecule has 2 atom stereocenters. The molecule has 0 spiro atoms. The first-order valence-corrected chi connectivity index (χ1v) is 25.6. The zero-order valence-corrected chi connectivity index (χ0v) is 46.2. The molecule has 6 aromatic carbocycles. The number of nitrogens with zero attached hydrogens (tertiary/aromatic N) is 1. The number of likely N-dealkylation sites (N-methyl/N-ethyl adjacent to an activating group) is 1. The molecule has 0 saturated heterocycles. The van der Waals surface area contributed by atoms with E-state index in [9.17, 15) is 24.3 Å². The molecule has 1 N–H and O–H groups in total. The fourth-order valence-corrected chi connectivity index (χ4v) is 7.77. The zero-order chi connectivity index (χ0) is 55.4. The number of aromatic hydroxyl groups is 1. The van der Waals surface area contributed by atoms with Crippen LogP contribution in [0, 0.1) is 0 Å². The highest BCUT2D eigenvalue weighted by Crippen LogP contribution is 2.28. The third-order valence-electron chi connectivity index (χ3n) is 11.5. The van der Waals surface area contributed by atoms with Gasteiger partial charge >= 0.3 is 23.9 Å². The molecule has 0 aliphatic heterocycles. The number of rotatable bonds is 22. The maximum Gasteiger partial charge on any atom is 0.338 e. The highest BCUT2D eigenvalue weighted by Gasteiger charge is 2.24. The van der Waals surface area contributed by atoms with E-state index in [4.69, 9.17) is 56.4 Å². The van der Waals surface area contributed by atoms with Crippen LogP contribution in [0.5, 0.6) is 11.5 Å². The van der Waals surface area contributed by atoms with Gasteiger partial charge in [0, 0.05) is 41.9 Å². The van der Waals surface area contributed by atoms with E-state index in [1.165, 1.54) is 25.3 Å². The largest absolute Gasteiger partial charge is 0.508 e. The number of phenols is 1. The summed E-state index contributed by atoms with van der Waals surface area (Å²) in [6, 6.07) is 43.9. The van der Waals surface area contributed by atoms with Crippen molar-refractivity contribution in [1.29, 1.82) is 0 Å². The number of methoxy groups -OCH3 is 2. The van der Waals surface area contributed by atoms with E-state index >= 15 is 0 Å². The van der Waals surface area contributed by atoms with Crippen molar-refractivity contribution >= 4 is 47.1 Å². The molecule has 0 radical (unpaired) electrons. The molecule has 0 bridgehead atoms. The van der Waals surface area contributed by atoms with Crippen LogP contribution in [0.25, 0.3) is 0 Å². The van der Waals surface area contributed by atoms with Gasteiger partial charge in [0.1, 0.15) is 29.3 Å². The molecule has 6 aromatic rings. The van der Waals surface area contributed by atoms with Crippen LogP contribution in [0.3, 0.4) is 0 Å². The SMILES string of the molecule is COC(=O)C(Cc1ccc(O)cc1)OCc1ccc(C(=O)OC(C)(C)C)cc1.COC(=O)C(Cc1ccc(OCCN(C)CC(c2ccc(Cl)cc2)c2ccc(Cl)cc2)cc1)OCc1ccc(C(=O)OC(C)(C)C)cc1. The molecule has 0 aliphatic carbocycles. The van der Waals surface area contributed by atoms with Gasteiger partial charge in [-0.2, -0.15) is 0 Å². The smallest absolute Gasteiger partial charge is 0.338 e. The van der Waals surface area contributed by atoms with Gasteiger partial charge in [0.15, 0.2) is 12.2 Å². The summed E-state index contributed by atoms with van der Waals surface area (Å²) in [6.45, 7) is 13.3. The second-order valence-corrected chi connectivity index (χ2v) is 20.9. The topological polar surface area (TPSA) is 156 Å². The summed E-state index contributed by atoms with van der Waals surface area (Å²) in [7, 11) is 4.73. The Morgan fingerprint density at radius 3 is 1.26 bits per heavy atom. The average Bonchev–Trinajstić information content (AvgIpc) is 3.38. The molecule has 13 nitrogen and oxygen atoms in total. The van der Waals surface area contributed by atoms with Crippen molar-refractivity contribution < 1.29 is 57.4 Å². The summed E-state index contributed by atoms with van der Waals surface area (Å²) in [4.78, 5) is 51.2. The van der Waals surface area contributed by atoms with Crippen molar-refractivity contribution in [1.82, 2.24) is 4.90 Å². The van der Waals surface area contributed by atoms with Crippen molar-refractivity contribution in [2.24, 2.45) is 0 Å². The molecule has 76 heavy (non-hydrogen) atoms. The summed E-state index contributed by atoms with van der Waals surface area (Å²) in [5.41, 5.74) is 5.50. The van der Waals surface area contributed by atoms with Gasteiger partial charge in [0.25, 0.3) is 0 Å². The van der Waals surface area contributed by atoms with Crippen LogP contribution in [0.4, 0.5) is 0 Å². The monoisotopic (exact) mass is 1080 g/mol. The van der Waals surface area contributed by atoms with E-state index in [0.29, 0.717) is 40.6 Å². The van der Waals surface area contributed by atoms with Crippen LogP contribution in [0.1, 0.15) is 102 Å². The van der Waals surface area contributed by atoms with E-state index < -0.39 is 35.3 Å². The van der Waals surface area contributed by atoms with E-state index in [1.54, 1.807) is 72.8 Å². The van der Waals surface area contributed by atoms with Crippen LogP contribution >= 0.6 is 23.2 Å². The number of carbonyl (C=O) groups is 4. The number of carbonyl (C=O) groups excluding carboxylic acids is 4. The summed E-state index contributed by atoms with van der Waals surface area (Å²) >= 11 is 12.3. The lowest BCUT2D eigenvalue weighted by Gasteiger charge is -2.25. The predicted molar refractivity (Wildman–Crippen MR) is 294 cm³/mol. The molecule has 15 heteroatoms. The Hall–Kier alpha value is -6.74. The first-order chi connectivity index (χ1) is 36.1. The highest BCUT2D eigenvalue weighted by atomic mass is 35.5. The lowest BCUT2D eigenvalue weighted by atomic mass is 9.91. The van der Waals surface area contributed by atoms with Crippen LogP contribution < -0.4 is 4.74 Å². The lowest BCUT2D eigenvalue weighted by molar-refractivity contribution is -0.155. The van der Waals surface area contributed by atoms with Crippen molar-refractivity contribution in [2.75, 3.05) is 41.0 Å². The Bertz CT molecular complexity index is 2710. The van der Waals surface area contributed by atoms with Gasteiger partial charge in [-0.05, 0) is 155 Å². The van der Waals surface area contributed by atoms with Gasteiger partial charge in [-0.3, -0.25) is 0 Å². The fraction of sp³-hybridized carbons (Fsp3) is 0.344. The van der Waals surface area contributed by atoms with Crippen LogP contribution in [0.15, 0.2) is 146 Å². The molecule has 0 heterocycles. The first kappa shape index (κ1) is 60.1. The molecule has 6 rings (SSSR count). The number of esters is 4. The Labute approximate surface area is 456 Å². The van der Waals surface area contributed by atoms with E-state index in [2.05, 4.69) is 36.2 Å². The number of benzene rings is 6. The van der Waals surface area contributed by atoms with Gasteiger partial charge in [0.05, 0.1) is 38.6 Å². The molecule has 0 fully saturated rings. The molecule has 2 unspecified atom stereocenters. The second kappa shape index (κ2) is 29.0. The summed E-state index contributed by atoms with van der Waals surface area (Å²) in [6.07, 6.45) is -0.916. The minimum Gasteiger partial charge on any atom is -0.508 e. The van der Waals surface area contributed by atoms with Crippen LogP contribution in [-0.2, 0) is 64.1 Å². The van der Waals surface area contributed by atoms with Crippen molar-refractivity contribution in [3.63, 3.8) is 0 Å². The Morgan fingerprint density at radius 2 is 0.895 bits per heavy atom. The molecular formula is C61H69Cl2NO12. The van der Waals surface area contributed by atoms with Gasteiger partial charge in [-0.1, -0.05) is 96.0 Å². The number of halogens is 2. The zero-order valence-electron chi connectivity index (χ0n) is 44.7. The number of ether oxygens (including phenoxy) is 7. The molecule has 0 amide bonds. The quantitative estimate of drug-likeness (QED) is 0.0507. The van der Waals surface area contributed by atoms with Crippen molar-refractivity contribution in [3.05, 3.63) is 200 Å². The van der Waals surface area contributed by atoms with E-state index in [0.717, 1.165) is 41.1 Å². The van der Waals surface area contributed by atoms with Gasteiger partial charge < -0.3 is 43.2 Å². The molecule has 0 aliphatic rings. The Balaban J connectivity index is 0.000000323. The Kier molecular flexibility index (Phi) is 22.9. The summed E-state index contributed by atoms with van der Waals surface area (Å²) < 4.78 is 38.3. The number of phenolic OH excluding ortho intramolecular Hbond substituents is 1. The van der Waals surface area contributed by atoms with E-state index in [1.807, 2.05) is 90.1 Å². The van der Waals surface area contributed by atoms with E-state index in [-0.39, 0.29) is 36.8 Å². The molecule has 0 saturated carbocycles. The molecule has 0 aromatic heterocycles. The maximum absolute atomic E-state index is 12.5. The first-order valence-electron chi connectivity index (χ1n) is 24.8. The van der Waals surface area contributed by atoms with Crippen LogP contribution in [-0.4, -0.2) is 98.3 Å². The van der Waals surface area contributed by atoms with Crippen LogP contribution in [0.2, 0.25) is 10.0 Å². The van der Waals surface area contributed by atoms with Gasteiger partial charge in [-0.15, -0.1) is 0 Å². The summed E-state index contributed by atoms with van der Waals surface area (Å²) in [5.74, 6) is -0.675. The summed E-state index contributed by atoms with van der Waals surface area (Å²) in [5, 5.41) is 10.8. The minimum atomic E-state index is -0.796. The third-order valence-corrected chi connectivity index (χ3v) is 12.0. The van der Waals surface area contributed by atoms with Crippen molar-refractivity contribution in [2.45, 2.75) is 96.9 Å². The number of hydrogen-bond acceptors (Lipinski definition) is 13. The van der Waals surface area contributed by atoms with Crippen molar-refractivity contribution in [3.8, 4) is 11.5 Å². The maximum atomic E-state index is 12.5. The predicted octanol–water partition coefficient (Wildman–Crippen LogP) is 12.0. The average molecular weight is 1080 g/mol. The normalized spacial score (nSPS) is 12.2.